The Morgan fingerprint density at radius 2 is 1.81 bits per heavy atom. The van der Waals surface area contributed by atoms with Crippen molar-refractivity contribution in [1.82, 2.24) is 15.6 Å². The number of ether oxygens (including phenoxy) is 1. The quantitative estimate of drug-likeness (QED) is 0.456. The van der Waals surface area contributed by atoms with Crippen molar-refractivity contribution in [2.75, 3.05) is 19.3 Å². The molecule has 0 atom stereocenters. The number of guanidine groups is 1. The SMILES string of the molecule is CCNC(=NCc1ccc(OC2CCCC2)nc1)NCCc1ccc(S(C)(=O)=O)cc1. The summed E-state index contributed by atoms with van der Waals surface area (Å²) in [5.41, 5.74) is 2.09. The Morgan fingerprint density at radius 3 is 2.42 bits per heavy atom. The van der Waals surface area contributed by atoms with Crippen LogP contribution in [0.1, 0.15) is 43.7 Å². The fourth-order valence-electron chi connectivity index (χ4n) is 3.49. The zero-order valence-electron chi connectivity index (χ0n) is 18.3. The molecular weight excluding hydrogens is 412 g/mol. The van der Waals surface area contributed by atoms with E-state index in [0.29, 0.717) is 30.0 Å². The van der Waals surface area contributed by atoms with Crippen LogP contribution in [-0.4, -0.2) is 44.8 Å². The van der Waals surface area contributed by atoms with Crippen LogP contribution < -0.4 is 15.4 Å². The molecule has 0 saturated heterocycles. The molecule has 0 radical (unpaired) electrons. The van der Waals surface area contributed by atoms with Gasteiger partial charge in [0.15, 0.2) is 15.8 Å². The van der Waals surface area contributed by atoms with Crippen molar-refractivity contribution >= 4 is 15.8 Å². The van der Waals surface area contributed by atoms with Gasteiger partial charge in [-0.15, -0.1) is 0 Å². The number of benzene rings is 1. The molecule has 1 aliphatic carbocycles. The predicted molar refractivity (Wildman–Crippen MR) is 123 cm³/mol. The summed E-state index contributed by atoms with van der Waals surface area (Å²) >= 11 is 0. The van der Waals surface area contributed by atoms with Gasteiger partial charge in [-0.3, -0.25) is 0 Å². The average molecular weight is 445 g/mol. The van der Waals surface area contributed by atoms with Gasteiger partial charge in [0.2, 0.25) is 5.88 Å². The van der Waals surface area contributed by atoms with E-state index in [1.807, 2.05) is 37.4 Å². The van der Waals surface area contributed by atoms with E-state index in [1.54, 1.807) is 12.1 Å². The van der Waals surface area contributed by atoms with Gasteiger partial charge in [0.1, 0.15) is 6.10 Å². The van der Waals surface area contributed by atoms with Gasteiger partial charge < -0.3 is 15.4 Å². The molecule has 0 spiro atoms. The number of rotatable bonds is 9. The average Bonchev–Trinajstić information content (AvgIpc) is 3.26. The highest BCUT2D eigenvalue weighted by Gasteiger charge is 2.16. The lowest BCUT2D eigenvalue weighted by molar-refractivity contribution is 0.201. The van der Waals surface area contributed by atoms with Crippen molar-refractivity contribution in [3.8, 4) is 5.88 Å². The summed E-state index contributed by atoms with van der Waals surface area (Å²) in [6.45, 7) is 4.00. The van der Waals surface area contributed by atoms with E-state index < -0.39 is 9.84 Å². The first-order valence-corrected chi connectivity index (χ1v) is 12.8. The predicted octanol–water partition coefficient (Wildman–Crippen LogP) is 3.10. The second kappa shape index (κ2) is 11.1. The molecule has 0 bridgehead atoms. The topological polar surface area (TPSA) is 92.7 Å². The highest BCUT2D eigenvalue weighted by Crippen LogP contribution is 2.22. The fraction of sp³-hybridized carbons (Fsp3) is 0.478. The maximum absolute atomic E-state index is 11.6. The molecule has 2 aromatic rings. The van der Waals surface area contributed by atoms with Gasteiger partial charge in [0, 0.05) is 31.6 Å². The molecule has 1 aliphatic rings. The molecule has 3 rings (SSSR count). The third kappa shape index (κ3) is 7.54. The Bertz CT molecular complexity index is 951. The van der Waals surface area contributed by atoms with Crippen molar-refractivity contribution in [3.05, 3.63) is 53.7 Å². The highest BCUT2D eigenvalue weighted by atomic mass is 32.2. The van der Waals surface area contributed by atoms with Crippen LogP contribution in [0.4, 0.5) is 0 Å². The molecule has 1 aromatic carbocycles. The van der Waals surface area contributed by atoms with Crippen molar-refractivity contribution in [3.63, 3.8) is 0 Å². The van der Waals surface area contributed by atoms with E-state index in [-0.39, 0.29) is 0 Å². The van der Waals surface area contributed by atoms with Crippen LogP contribution in [0.2, 0.25) is 0 Å². The van der Waals surface area contributed by atoms with Gasteiger partial charge in [0.25, 0.3) is 0 Å². The minimum absolute atomic E-state index is 0.309. The van der Waals surface area contributed by atoms with Gasteiger partial charge in [-0.05, 0) is 62.3 Å². The van der Waals surface area contributed by atoms with E-state index in [9.17, 15) is 8.42 Å². The van der Waals surface area contributed by atoms with Crippen molar-refractivity contribution in [2.45, 2.75) is 56.6 Å². The van der Waals surface area contributed by atoms with E-state index in [4.69, 9.17) is 4.74 Å². The lowest BCUT2D eigenvalue weighted by Gasteiger charge is -2.13. The smallest absolute Gasteiger partial charge is 0.213 e. The summed E-state index contributed by atoms with van der Waals surface area (Å²) in [6.07, 6.45) is 8.83. The lowest BCUT2D eigenvalue weighted by atomic mass is 10.1. The zero-order chi connectivity index (χ0) is 22.1. The summed E-state index contributed by atoms with van der Waals surface area (Å²) in [6, 6.07) is 10.9. The van der Waals surface area contributed by atoms with E-state index >= 15 is 0 Å². The van der Waals surface area contributed by atoms with Gasteiger partial charge in [-0.25, -0.2) is 18.4 Å². The number of nitrogens with one attached hydrogen (secondary N) is 2. The summed E-state index contributed by atoms with van der Waals surface area (Å²) in [7, 11) is -3.16. The van der Waals surface area contributed by atoms with Crippen LogP contribution in [0.15, 0.2) is 52.5 Å². The van der Waals surface area contributed by atoms with Gasteiger partial charge in [-0.2, -0.15) is 0 Å². The number of aromatic nitrogens is 1. The first-order valence-electron chi connectivity index (χ1n) is 10.9. The Balaban J connectivity index is 1.49. The normalized spacial score (nSPS) is 15.1. The molecule has 1 aromatic heterocycles. The van der Waals surface area contributed by atoms with Crippen LogP contribution in [0, 0.1) is 0 Å². The first-order chi connectivity index (χ1) is 14.9. The van der Waals surface area contributed by atoms with Crippen molar-refractivity contribution in [1.29, 1.82) is 0 Å². The third-order valence-electron chi connectivity index (χ3n) is 5.21. The van der Waals surface area contributed by atoms with Crippen molar-refractivity contribution in [2.24, 2.45) is 4.99 Å². The van der Waals surface area contributed by atoms with Crippen LogP contribution >= 0.6 is 0 Å². The third-order valence-corrected chi connectivity index (χ3v) is 6.34. The first kappa shape index (κ1) is 23.1. The minimum atomic E-state index is -3.16. The number of aliphatic imine (C=N–C) groups is 1. The Labute approximate surface area is 185 Å². The molecular formula is C23H32N4O3S. The maximum Gasteiger partial charge on any atom is 0.213 e. The van der Waals surface area contributed by atoms with Crippen LogP contribution in [0.5, 0.6) is 5.88 Å². The molecule has 0 amide bonds. The Morgan fingerprint density at radius 1 is 1.10 bits per heavy atom. The second-order valence-corrected chi connectivity index (χ2v) is 9.83. The molecule has 168 valence electrons. The zero-order valence-corrected chi connectivity index (χ0v) is 19.1. The van der Waals surface area contributed by atoms with Crippen LogP contribution in [0.3, 0.4) is 0 Å². The van der Waals surface area contributed by atoms with Crippen LogP contribution in [0.25, 0.3) is 0 Å². The molecule has 1 fully saturated rings. The van der Waals surface area contributed by atoms with E-state index in [2.05, 4.69) is 20.6 Å². The minimum Gasteiger partial charge on any atom is -0.474 e. The molecule has 0 aliphatic heterocycles. The number of sulfone groups is 1. The number of hydrogen-bond acceptors (Lipinski definition) is 5. The van der Waals surface area contributed by atoms with E-state index in [0.717, 1.165) is 42.9 Å². The lowest BCUT2D eigenvalue weighted by Crippen LogP contribution is -2.38. The molecule has 0 unspecified atom stereocenters. The highest BCUT2D eigenvalue weighted by molar-refractivity contribution is 7.90. The summed E-state index contributed by atoms with van der Waals surface area (Å²) < 4.78 is 29.0. The van der Waals surface area contributed by atoms with Crippen molar-refractivity contribution < 1.29 is 13.2 Å². The van der Waals surface area contributed by atoms with Gasteiger partial charge in [0.05, 0.1) is 11.4 Å². The number of nitrogens with zero attached hydrogens (tertiary/aromatic N) is 2. The molecule has 1 heterocycles. The van der Waals surface area contributed by atoms with E-state index in [1.165, 1.54) is 19.1 Å². The van der Waals surface area contributed by atoms with Gasteiger partial charge >= 0.3 is 0 Å². The molecule has 8 heteroatoms. The standard InChI is InChI=1S/C23H32N4O3S/c1-3-24-23(25-15-14-18-8-11-21(12-9-18)31(2,28)29)27-17-19-10-13-22(26-16-19)30-20-6-4-5-7-20/h8-13,16,20H,3-7,14-15,17H2,1-2H3,(H2,24,25,27). The fourth-order valence-corrected chi connectivity index (χ4v) is 4.12. The summed E-state index contributed by atoms with van der Waals surface area (Å²) in [4.78, 5) is 9.39. The molecule has 7 nitrogen and oxygen atoms in total. The monoisotopic (exact) mass is 444 g/mol. The number of hydrogen-bond donors (Lipinski definition) is 2. The second-order valence-electron chi connectivity index (χ2n) is 7.82. The largest absolute Gasteiger partial charge is 0.474 e. The maximum atomic E-state index is 11.6. The number of pyridine rings is 1. The van der Waals surface area contributed by atoms with Gasteiger partial charge in [-0.1, -0.05) is 18.2 Å². The summed E-state index contributed by atoms with van der Waals surface area (Å²) in [5, 5.41) is 6.56. The Kier molecular flexibility index (Phi) is 8.28. The summed E-state index contributed by atoms with van der Waals surface area (Å²) in [5.74, 6) is 1.42. The molecule has 1 saturated carbocycles. The van der Waals surface area contributed by atoms with Crippen LogP contribution in [-0.2, 0) is 22.8 Å². The molecule has 2 N–H and O–H groups in total. The molecule has 31 heavy (non-hydrogen) atoms. The Hall–Kier alpha value is -2.61.